The molecule has 1 unspecified atom stereocenters. The highest BCUT2D eigenvalue weighted by Crippen LogP contribution is 2.25. The van der Waals surface area contributed by atoms with Crippen molar-refractivity contribution in [3.05, 3.63) is 12.2 Å². The molecule has 1 atom stereocenters. The van der Waals surface area contributed by atoms with Crippen LogP contribution < -0.4 is 0 Å². The summed E-state index contributed by atoms with van der Waals surface area (Å²) < 4.78 is 0. The molecular formula is C26H52. The Hall–Kier alpha value is -0.260. The summed E-state index contributed by atoms with van der Waals surface area (Å²) in [6.45, 7) is 9.37. The molecule has 0 aliphatic heterocycles. The van der Waals surface area contributed by atoms with Crippen LogP contribution in [0.15, 0.2) is 12.2 Å². The summed E-state index contributed by atoms with van der Waals surface area (Å²) in [5.41, 5.74) is 0. The maximum absolute atomic E-state index is 2.41. The van der Waals surface area contributed by atoms with Crippen LogP contribution in [0.25, 0.3) is 0 Å². The van der Waals surface area contributed by atoms with Gasteiger partial charge in [0.2, 0.25) is 0 Å². The first kappa shape index (κ1) is 25.7. The maximum atomic E-state index is 2.41. The van der Waals surface area contributed by atoms with Crippen LogP contribution in [0.3, 0.4) is 0 Å². The molecule has 0 bridgehead atoms. The number of hydrogen-bond donors (Lipinski definition) is 0. The predicted octanol–water partition coefficient (Wildman–Crippen LogP) is 9.88. The van der Waals surface area contributed by atoms with Crippen molar-refractivity contribution in [1.82, 2.24) is 0 Å². The third-order valence-electron chi connectivity index (χ3n) is 5.63. The van der Waals surface area contributed by atoms with Gasteiger partial charge in [-0.05, 0) is 37.5 Å². The molecule has 0 aromatic heterocycles. The molecule has 0 fully saturated rings. The van der Waals surface area contributed by atoms with Gasteiger partial charge in [-0.15, -0.1) is 0 Å². The van der Waals surface area contributed by atoms with Crippen molar-refractivity contribution in [1.29, 1.82) is 0 Å². The summed E-state index contributed by atoms with van der Waals surface area (Å²) in [4.78, 5) is 0. The highest BCUT2D eigenvalue weighted by Gasteiger charge is 2.10. The standard InChI is InChI=1S/C26H52/c1-5-7-9-11-13-14-15-17-19-21-23-26(24-25(3)4)22-20-18-16-12-10-8-6-2/h9,11,25-26H,5-8,10,12-24H2,1-4H3. The molecule has 0 aromatic rings. The van der Waals surface area contributed by atoms with Gasteiger partial charge in [-0.1, -0.05) is 130 Å². The molecule has 0 aromatic carbocycles. The summed E-state index contributed by atoms with van der Waals surface area (Å²) in [6.07, 6.45) is 30.4. The molecule has 26 heavy (non-hydrogen) atoms. The van der Waals surface area contributed by atoms with Crippen molar-refractivity contribution >= 4 is 0 Å². The quantitative estimate of drug-likeness (QED) is 0.149. The Morgan fingerprint density at radius 1 is 0.538 bits per heavy atom. The zero-order chi connectivity index (χ0) is 19.3. The summed E-state index contributed by atoms with van der Waals surface area (Å²) in [6, 6.07) is 0. The van der Waals surface area contributed by atoms with E-state index in [2.05, 4.69) is 39.8 Å². The monoisotopic (exact) mass is 364 g/mol. The molecule has 0 saturated heterocycles. The molecule has 0 saturated carbocycles. The normalized spacial score (nSPS) is 13.1. The molecule has 0 amide bonds. The fraction of sp³-hybridized carbons (Fsp3) is 0.923. The van der Waals surface area contributed by atoms with E-state index in [9.17, 15) is 0 Å². The van der Waals surface area contributed by atoms with Crippen LogP contribution in [-0.2, 0) is 0 Å². The molecule has 0 aliphatic rings. The van der Waals surface area contributed by atoms with Gasteiger partial charge in [0, 0.05) is 0 Å². The second kappa shape index (κ2) is 21.0. The fourth-order valence-corrected chi connectivity index (χ4v) is 4.06. The van der Waals surface area contributed by atoms with Crippen LogP contribution in [0.4, 0.5) is 0 Å². The SMILES string of the molecule is CCCC=CCCCCCCCC(CCCCCCCCC)CC(C)C. The van der Waals surface area contributed by atoms with E-state index in [4.69, 9.17) is 0 Å². The van der Waals surface area contributed by atoms with E-state index in [1.807, 2.05) is 0 Å². The molecule has 0 N–H and O–H groups in total. The smallest absolute Gasteiger partial charge is 0.0351 e. The van der Waals surface area contributed by atoms with E-state index in [-0.39, 0.29) is 0 Å². The molecule has 0 heterocycles. The maximum Gasteiger partial charge on any atom is -0.0351 e. The molecule has 0 spiro atoms. The summed E-state index contributed by atoms with van der Waals surface area (Å²) in [7, 11) is 0. The summed E-state index contributed by atoms with van der Waals surface area (Å²) in [5.74, 6) is 1.88. The van der Waals surface area contributed by atoms with Gasteiger partial charge < -0.3 is 0 Å². The average molecular weight is 365 g/mol. The Kier molecular flexibility index (Phi) is 20.8. The minimum atomic E-state index is 0.875. The van der Waals surface area contributed by atoms with E-state index < -0.39 is 0 Å². The van der Waals surface area contributed by atoms with Gasteiger partial charge in [-0.3, -0.25) is 0 Å². The van der Waals surface area contributed by atoms with Crippen molar-refractivity contribution in [2.45, 2.75) is 143 Å². The van der Waals surface area contributed by atoms with Crippen LogP contribution in [0, 0.1) is 11.8 Å². The summed E-state index contributed by atoms with van der Waals surface area (Å²) >= 11 is 0. The van der Waals surface area contributed by atoms with Gasteiger partial charge in [0.05, 0.1) is 0 Å². The first-order valence-corrected chi connectivity index (χ1v) is 12.4. The third kappa shape index (κ3) is 20.1. The van der Waals surface area contributed by atoms with Crippen molar-refractivity contribution in [3.63, 3.8) is 0 Å². The lowest BCUT2D eigenvalue weighted by Crippen LogP contribution is -2.05. The van der Waals surface area contributed by atoms with Gasteiger partial charge in [-0.2, -0.15) is 0 Å². The zero-order valence-electron chi connectivity index (χ0n) is 19.0. The Morgan fingerprint density at radius 3 is 1.58 bits per heavy atom. The predicted molar refractivity (Wildman–Crippen MR) is 122 cm³/mol. The van der Waals surface area contributed by atoms with Gasteiger partial charge in [0.15, 0.2) is 0 Å². The molecule has 156 valence electrons. The lowest BCUT2D eigenvalue weighted by molar-refractivity contribution is 0.339. The topological polar surface area (TPSA) is 0 Å². The van der Waals surface area contributed by atoms with Gasteiger partial charge in [0.25, 0.3) is 0 Å². The first-order chi connectivity index (χ1) is 12.7. The molecule has 0 aliphatic carbocycles. The Morgan fingerprint density at radius 2 is 1.04 bits per heavy atom. The van der Waals surface area contributed by atoms with Crippen LogP contribution in [-0.4, -0.2) is 0 Å². The third-order valence-corrected chi connectivity index (χ3v) is 5.63. The number of unbranched alkanes of at least 4 members (excludes halogenated alkanes) is 12. The highest BCUT2D eigenvalue weighted by molar-refractivity contribution is 4.80. The lowest BCUT2D eigenvalue weighted by atomic mass is 9.87. The number of hydrogen-bond acceptors (Lipinski definition) is 0. The van der Waals surface area contributed by atoms with Crippen molar-refractivity contribution in [3.8, 4) is 0 Å². The van der Waals surface area contributed by atoms with Gasteiger partial charge in [0.1, 0.15) is 0 Å². The highest BCUT2D eigenvalue weighted by atomic mass is 14.2. The zero-order valence-corrected chi connectivity index (χ0v) is 19.0. The Labute approximate surface area is 167 Å². The van der Waals surface area contributed by atoms with Crippen LogP contribution in [0.1, 0.15) is 143 Å². The van der Waals surface area contributed by atoms with E-state index in [1.54, 1.807) is 0 Å². The van der Waals surface area contributed by atoms with Crippen molar-refractivity contribution in [2.24, 2.45) is 11.8 Å². The Balaban J connectivity index is 3.61. The first-order valence-electron chi connectivity index (χ1n) is 12.4. The van der Waals surface area contributed by atoms with E-state index in [0.29, 0.717) is 0 Å². The number of rotatable bonds is 20. The molecule has 0 nitrogen and oxygen atoms in total. The summed E-state index contributed by atoms with van der Waals surface area (Å²) in [5, 5.41) is 0. The van der Waals surface area contributed by atoms with Crippen molar-refractivity contribution in [2.75, 3.05) is 0 Å². The average Bonchev–Trinajstić information content (AvgIpc) is 2.61. The van der Waals surface area contributed by atoms with Crippen LogP contribution in [0.5, 0.6) is 0 Å². The van der Waals surface area contributed by atoms with Crippen LogP contribution in [0.2, 0.25) is 0 Å². The van der Waals surface area contributed by atoms with E-state index in [1.165, 1.54) is 116 Å². The van der Waals surface area contributed by atoms with Crippen LogP contribution >= 0.6 is 0 Å². The van der Waals surface area contributed by atoms with Gasteiger partial charge in [-0.25, -0.2) is 0 Å². The van der Waals surface area contributed by atoms with E-state index in [0.717, 1.165) is 11.8 Å². The number of allylic oxidation sites excluding steroid dienone is 2. The molecule has 0 rings (SSSR count). The molecule has 0 radical (unpaired) electrons. The lowest BCUT2D eigenvalue weighted by Gasteiger charge is -2.19. The minimum Gasteiger partial charge on any atom is -0.0885 e. The Bertz CT molecular complexity index is 276. The molecule has 0 heteroatoms. The second-order valence-corrected chi connectivity index (χ2v) is 9.01. The van der Waals surface area contributed by atoms with Crippen molar-refractivity contribution < 1.29 is 0 Å². The van der Waals surface area contributed by atoms with E-state index >= 15 is 0 Å². The second-order valence-electron chi connectivity index (χ2n) is 9.01. The molecular weight excluding hydrogens is 312 g/mol. The fourth-order valence-electron chi connectivity index (χ4n) is 4.06. The van der Waals surface area contributed by atoms with Gasteiger partial charge >= 0.3 is 0 Å². The largest absolute Gasteiger partial charge is 0.0885 e. The minimum absolute atomic E-state index is 0.875.